The van der Waals surface area contributed by atoms with Gasteiger partial charge in [-0.3, -0.25) is 4.31 Å². The second-order valence-corrected chi connectivity index (χ2v) is 11.8. The lowest BCUT2D eigenvalue weighted by Gasteiger charge is -2.35. The van der Waals surface area contributed by atoms with E-state index in [9.17, 15) is 26.7 Å². The number of phenolic OH excluding ortho intramolecular Hbond substituents is 1. The maximum Gasteiger partial charge on any atom is 0.302 e. The van der Waals surface area contributed by atoms with E-state index in [-0.39, 0.29) is 24.0 Å². The fourth-order valence-electron chi connectivity index (χ4n) is 4.33. The minimum absolute atomic E-state index is 0.0926. The van der Waals surface area contributed by atoms with Crippen molar-refractivity contribution < 1.29 is 26.7 Å². The first-order chi connectivity index (χ1) is 15.1. The highest BCUT2D eigenvalue weighted by Crippen LogP contribution is 2.33. The third-order valence-electron chi connectivity index (χ3n) is 5.93. The Bertz CT molecular complexity index is 1250. The van der Waals surface area contributed by atoms with Gasteiger partial charge in [0.1, 0.15) is 12.0 Å². The molecular formula is C21H25N3O6S2. The first-order valence-electron chi connectivity index (χ1n) is 10.2. The van der Waals surface area contributed by atoms with E-state index < -0.39 is 26.3 Å². The van der Waals surface area contributed by atoms with E-state index in [0.717, 1.165) is 21.0 Å². The SMILES string of the molecule is CS(=O)(=O)N1Cc2ccccc2C[C@H]1CCc1ccc(N2CC(C=O)NS2(=O)=O)c(O)c1. The smallest absolute Gasteiger partial charge is 0.302 e. The first kappa shape index (κ1) is 22.7. The fraction of sp³-hybridized carbons (Fsp3) is 0.381. The number of carbonyl (C=O) groups is 1. The van der Waals surface area contributed by atoms with Crippen molar-refractivity contribution in [2.24, 2.45) is 0 Å². The van der Waals surface area contributed by atoms with Gasteiger partial charge in [-0.15, -0.1) is 0 Å². The molecule has 32 heavy (non-hydrogen) atoms. The summed E-state index contributed by atoms with van der Waals surface area (Å²) in [6, 6.07) is 11.4. The Labute approximate surface area is 187 Å². The minimum Gasteiger partial charge on any atom is -0.506 e. The van der Waals surface area contributed by atoms with E-state index in [1.165, 1.54) is 22.7 Å². The summed E-state index contributed by atoms with van der Waals surface area (Å²) < 4.78 is 53.9. The van der Waals surface area contributed by atoms with Crippen LogP contribution in [0, 0.1) is 0 Å². The van der Waals surface area contributed by atoms with Crippen molar-refractivity contribution in [3.8, 4) is 5.75 Å². The molecule has 4 rings (SSSR count). The molecule has 0 amide bonds. The summed E-state index contributed by atoms with van der Waals surface area (Å²) in [5.41, 5.74) is 2.99. The predicted octanol–water partition coefficient (Wildman–Crippen LogP) is 0.933. The molecule has 0 bridgehead atoms. The Morgan fingerprint density at radius 1 is 1.19 bits per heavy atom. The topological polar surface area (TPSA) is 124 Å². The zero-order valence-corrected chi connectivity index (χ0v) is 19.1. The van der Waals surface area contributed by atoms with Crippen molar-refractivity contribution in [3.05, 3.63) is 59.2 Å². The van der Waals surface area contributed by atoms with E-state index in [0.29, 0.717) is 32.1 Å². The van der Waals surface area contributed by atoms with Crippen LogP contribution >= 0.6 is 0 Å². The van der Waals surface area contributed by atoms with Crippen molar-refractivity contribution in [1.29, 1.82) is 0 Å². The van der Waals surface area contributed by atoms with Gasteiger partial charge in [0.25, 0.3) is 0 Å². The molecule has 1 fully saturated rings. The van der Waals surface area contributed by atoms with E-state index in [4.69, 9.17) is 0 Å². The highest BCUT2D eigenvalue weighted by molar-refractivity contribution is 7.91. The number of hydrogen-bond donors (Lipinski definition) is 2. The maximum absolute atomic E-state index is 12.4. The highest BCUT2D eigenvalue weighted by Gasteiger charge is 2.37. The van der Waals surface area contributed by atoms with Crippen LogP contribution in [0.3, 0.4) is 0 Å². The Hall–Kier alpha value is -2.47. The standard InChI is InChI=1S/C21H25N3O6S2/c1-31(27,28)23-12-17-5-3-2-4-16(17)11-19(23)8-6-15-7-9-20(21(26)10-15)24-13-18(14-25)22-32(24,29)30/h2-5,7,9-10,14,18-19,22,26H,6,8,11-13H2,1H3/t18?,19-/m1/s1. The zero-order chi connectivity index (χ0) is 23.1. The number of aldehydes is 1. The molecule has 1 saturated heterocycles. The second-order valence-electron chi connectivity index (χ2n) is 8.19. The number of rotatable bonds is 6. The number of carbonyl (C=O) groups excluding carboxylic acids is 1. The van der Waals surface area contributed by atoms with Gasteiger partial charge in [0, 0.05) is 12.6 Å². The lowest BCUT2D eigenvalue weighted by Crippen LogP contribution is -2.43. The van der Waals surface area contributed by atoms with Crippen LogP contribution in [0.2, 0.25) is 0 Å². The Morgan fingerprint density at radius 3 is 2.53 bits per heavy atom. The van der Waals surface area contributed by atoms with Crippen LogP contribution in [-0.2, 0) is 44.4 Å². The molecule has 0 aliphatic carbocycles. The third kappa shape index (κ3) is 4.51. The second kappa shape index (κ2) is 8.47. The highest BCUT2D eigenvalue weighted by atomic mass is 32.2. The molecule has 0 spiro atoms. The molecule has 0 radical (unpaired) electrons. The van der Waals surface area contributed by atoms with Crippen LogP contribution in [0.5, 0.6) is 5.75 Å². The average molecular weight is 480 g/mol. The number of anilines is 1. The summed E-state index contributed by atoms with van der Waals surface area (Å²) >= 11 is 0. The van der Waals surface area contributed by atoms with Crippen LogP contribution in [0.15, 0.2) is 42.5 Å². The summed E-state index contributed by atoms with van der Waals surface area (Å²) in [5, 5.41) is 10.5. The van der Waals surface area contributed by atoms with Crippen LogP contribution in [0.1, 0.15) is 23.1 Å². The number of fused-ring (bicyclic) bond motifs is 1. The molecule has 2 heterocycles. The van der Waals surface area contributed by atoms with Crippen LogP contribution in [-0.4, -0.2) is 57.4 Å². The van der Waals surface area contributed by atoms with E-state index in [1.54, 1.807) is 6.07 Å². The normalized spacial score (nSPS) is 23.1. The lowest BCUT2D eigenvalue weighted by molar-refractivity contribution is -0.108. The Kier molecular flexibility index (Phi) is 6.01. The van der Waals surface area contributed by atoms with Gasteiger partial charge < -0.3 is 9.90 Å². The van der Waals surface area contributed by atoms with Gasteiger partial charge in [-0.2, -0.15) is 17.4 Å². The van der Waals surface area contributed by atoms with Gasteiger partial charge in [-0.25, -0.2) is 8.42 Å². The van der Waals surface area contributed by atoms with Gasteiger partial charge in [-0.05, 0) is 48.1 Å². The third-order valence-corrected chi connectivity index (χ3v) is 8.73. The molecule has 2 aliphatic heterocycles. The van der Waals surface area contributed by atoms with E-state index >= 15 is 0 Å². The van der Waals surface area contributed by atoms with Crippen molar-refractivity contribution in [3.63, 3.8) is 0 Å². The number of nitrogens with one attached hydrogen (secondary N) is 1. The number of phenols is 1. The van der Waals surface area contributed by atoms with Gasteiger partial charge in [0.15, 0.2) is 0 Å². The van der Waals surface area contributed by atoms with Crippen LogP contribution in [0.4, 0.5) is 5.69 Å². The van der Waals surface area contributed by atoms with Gasteiger partial charge >= 0.3 is 10.2 Å². The molecule has 2 aromatic rings. The number of nitrogens with zero attached hydrogens (tertiary/aromatic N) is 2. The molecule has 2 atom stereocenters. The van der Waals surface area contributed by atoms with Crippen LogP contribution in [0.25, 0.3) is 0 Å². The van der Waals surface area contributed by atoms with Crippen LogP contribution < -0.4 is 9.03 Å². The molecule has 2 aliphatic rings. The predicted molar refractivity (Wildman–Crippen MR) is 120 cm³/mol. The van der Waals surface area contributed by atoms with Crippen molar-refractivity contribution in [2.45, 2.75) is 37.9 Å². The van der Waals surface area contributed by atoms with Gasteiger partial charge in [0.05, 0.1) is 24.5 Å². The largest absolute Gasteiger partial charge is 0.506 e. The van der Waals surface area contributed by atoms with Crippen molar-refractivity contribution in [2.75, 3.05) is 17.1 Å². The molecular weight excluding hydrogens is 454 g/mol. The minimum atomic E-state index is -3.90. The molecule has 11 heteroatoms. The van der Waals surface area contributed by atoms with Gasteiger partial charge in [-0.1, -0.05) is 30.3 Å². The summed E-state index contributed by atoms with van der Waals surface area (Å²) in [6.45, 7) is 0.241. The number of sulfonamides is 1. The molecule has 172 valence electrons. The summed E-state index contributed by atoms with van der Waals surface area (Å²) in [7, 11) is -7.29. The van der Waals surface area contributed by atoms with E-state index in [1.807, 2.05) is 24.3 Å². The molecule has 0 aromatic heterocycles. The number of hydrogen-bond acceptors (Lipinski definition) is 6. The fourth-order valence-corrected chi connectivity index (χ4v) is 6.84. The average Bonchev–Trinajstić information content (AvgIpc) is 3.05. The number of benzene rings is 2. The van der Waals surface area contributed by atoms with Crippen molar-refractivity contribution >= 4 is 32.2 Å². The zero-order valence-electron chi connectivity index (χ0n) is 17.5. The molecule has 1 unspecified atom stereocenters. The lowest BCUT2D eigenvalue weighted by atomic mass is 9.92. The molecule has 2 N–H and O–H groups in total. The summed E-state index contributed by atoms with van der Waals surface area (Å²) in [6.07, 6.45) is 3.40. The maximum atomic E-state index is 12.4. The molecule has 0 saturated carbocycles. The number of aromatic hydroxyl groups is 1. The van der Waals surface area contributed by atoms with E-state index in [2.05, 4.69) is 4.72 Å². The molecule has 2 aromatic carbocycles. The summed E-state index contributed by atoms with van der Waals surface area (Å²) in [4.78, 5) is 11.0. The molecule has 9 nitrogen and oxygen atoms in total. The first-order valence-corrected chi connectivity index (χ1v) is 13.5. The monoisotopic (exact) mass is 479 g/mol. The van der Waals surface area contributed by atoms with Crippen molar-refractivity contribution in [1.82, 2.24) is 9.03 Å². The van der Waals surface area contributed by atoms with Gasteiger partial charge in [0.2, 0.25) is 10.0 Å². The Balaban J connectivity index is 1.51. The number of aryl methyl sites for hydroxylation is 1. The Morgan fingerprint density at radius 2 is 1.91 bits per heavy atom. The quantitative estimate of drug-likeness (QED) is 0.594. The summed E-state index contributed by atoms with van der Waals surface area (Å²) in [5.74, 6) is -0.214.